The molecule has 2 rings (SSSR count). The van der Waals surface area contributed by atoms with Crippen molar-refractivity contribution in [3.63, 3.8) is 0 Å². The van der Waals surface area contributed by atoms with E-state index in [1.54, 1.807) is 0 Å². The van der Waals surface area contributed by atoms with Gasteiger partial charge in [-0.05, 0) is 56.2 Å². The Morgan fingerprint density at radius 2 is 1.89 bits per heavy atom. The largest absolute Gasteiger partial charge is 0.396 e. The Balaban J connectivity index is 2.18. The van der Waals surface area contributed by atoms with Crippen LogP contribution < -0.4 is 4.90 Å². The molecule has 106 valence electrons. The highest BCUT2D eigenvalue weighted by atomic mass is 16.3. The first-order chi connectivity index (χ1) is 8.96. The summed E-state index contributed by atoms with van der Waals surface area (Å²) in [5, 5.41) is 9.19. The minimum atomic E-state index is 0.141. The van der Waals surface area contributed by atoms with Crippen molar-refractivity contribution in [3.8, 4) is 0 Å². The average molecular weight is 261 g/mol. The molecule has 1 atom stereocenters. The van der Waals surface area contributed by atoms with Gasteiger partial charge in [0, 0.05) is 24.4 Å². The van der Waals surface area contributed by atoms with Gasteiger partial charge in [0.05, 0.1) is 0 Å². The topological polar surface area (TPSA) is 23.5 Å². The van der Waals surface area contributed by atoms with Crippen molar-refractivity contribution in [1.82, 2.24) is 0 Å². The lowest BCUT2D eigenvalue weighted by Crippen LogP contribution is -2.42. The predicted octanol–water partition coefficient (Wildman–Crippen LogP) is 3.80. The lowest BCUT2D eigenvalue weighted by molar-refractivity contribution is 0.229. The van der Waals surface area contributed by atoms with Crippen LogP contribution in [0.4, 0.5) is 5.69 Å². The van der Waals surface area contributed by atoms with Crippen LogP contribution in [0.5, 0.6) is 0 Å². The monoisotopic (exact) mass is 261 g/mol. The number of aliphatic hydroxyl groups excluding tert-OH is 1. The molecule has 1 unspecified atom stereocenters. The molecule has 0 saturated carbocycles. The number of hydrogen-bond donors (Lipinski definition) is 1. The van der Waals surface area contributed by atoms with E-state index in [0.717, 1.165) is 13.0 Å². The van der Waals surface area contributed by atoms with Crippen molar-refractivity contribution in [2.24, 2.45) is 5.92 Å². The molecule has 1 fully saturated rings. The van der Waals surface area contributed by atoms with Gasteiger partial charge in [0.2, 0.25) is 0 Å². The number of nitrogens with zero attached hydrogens (tertiary/aromatic N) is 1. The molecular formula is C17H27NO. The van der Waals surface area contributed by atoms with Gasteiger partial charge in [-0.1, -0.05) is 26.0 Å². The maximum absolute atomic E-state index is 9.19. The van der Waals surface area contributed by atoms with Gasteiger partial charge in [0.15, 0.2) is 0 Å². The van der Waals surface area contributed by atoms with Crippen LogP contribution in [0.25, 0.3) is 0 Å². The van der Waals surface area contributed by atoms with Crippen molar-refractivity contribution >= 4 is 5.69 Å². The van der Waals surface area contributed by atoms with E-state index in [1.165, 1.54) is 17.7 Å². The highest BCUT2D eigenvalue weighted by molar-refractivity contribution is 5.51. The van der Waals surface area contributed by atoms with E-state index in [9.17, 15) is 5.11 Å². The molecule has 2 heteroatoms. The zero-order valence-corrected chi connectivity index (χ0v) is 12.7. The van der Waals surface area contributed by atoms with Crippen LogP contribution in [0.3, 0.4) is 0 Å². The summed E-state index contributed by atoms with van der Waals surface area (Å²) in [6, 6.07) is 8.99. The van der Waals surface area contributed by atoms with E-state index in [4.69, 9.17) is 0 Å². The fraction of sp³-hybridized carbons (Fsp3) is 0.647. The Hall–Kier alpha value is -1.02. The van der Waals surface area contributed by atoms with Crippen LogP contribution in [0, 0.1) is 5.92 Å². The highest BCUT2D eigenvalue weighted by Crippen LogP contribution is 2.40. The normalized spacial score (nSPS) is 22.2. The molecule has 0 amide bonds. The molecule has 1 aromatic carbocycles. The third kappa shape index (κ3) is 2.79. The van der Waals surface area contributed by atoms with E-state index in [2.05, 4.69) is 56.9 Å². The fourth-order valence-electron chi connectivity index (χ4n) is 3.30. The quantitative estimate of drug-likeness (QED) is 0.891. The second-order valence-electron chi connectivity index (χ2n) is 6.55. The molecule has 0 radical (unpaired) electrons. The van der Waals surface area contributed by atoms with Gasteiger partial charge in [-0.25, -0.2) is 0 Å². The van der Waals surface area contributed by atoms with E-state index in [1.807, 2.05) is 0 Å². The van der Waals surface area contributed by atoms with Gasteiger partial charge >= 0.3 is 0 Å². The molecule has 0 aromatic heterocycles. The summed E-state index contributed by atoms with van der Waals surface area (Å²) in [5.41, 5.74) is 2.85. The van der Waals surface area contributed by atoms with Gasteiger partial charge in [-0.2, -0.15) is 0 Å². The van der Waals surface area contributed by atoms with Crippen LogP contribution in [0.1, 0.15) is 52.0 Å². The van der Waals surface area contributed by atoms with Crippen LogP contribution >= 0.6 is 0 Å². The van der Waals surface area contributed by atoms with Crippen molar-refractivity contribution < 1.29 is 5.11 Å². The van der Waals surface area contributed by atoms with Crippen molar-refractivity contribution in [1.29, 1.82) is 0 Å². The highest BCUT2D eigenvalue weighted by Gasteiger charge is 2.40. The lowest BCUT2D eigenvalue weighted by Gasteiger charge is -2.38. The molecule has 1 aromatic rings. The Morgan fingerprint density at radius 1 is 1.26 bits per heavy atom. The Morgan fingerprint density at radius 3 is 2.42 bits per heavy atom. The third-order valence-electron chi connectivity index (χ3n) is 4.74. The SMILES string of the molecule is CC(C)c1ccc(N2CCC(CCO)C2(C)C)cc1. The number of rotatable bonds is 4. The lowest BCUT2D eigenvalue weighted by atomic mass is 9.86. The first kappa shape index (κ1) is 14.4. The van der Waals surface area contributed by atoms with E-state index < -0.39 is 0 Å². The van der Waals surface area contributed by atoms with Gasteiger partial charge in [0.1, 0.15) is 0 Å². The zero-order chi connectivity index (χ0) is 14.0. The average Bonchev–Trinajstić information content (AvgIpc) is 2.66. The van der Waals surface area contributed by atoms with Gasteiger partial charge in [0.25, 0.3) is 0 Å². The predicted molar refractivity (Wildman–Crippen MR) is 81.8 cm³/mol. The van der Waals surface area contributed by atoms with Crippen LogP contribution in [-0.2, 0) is 0 Å². The summed E-state index contributed by atoms with van der Waals surface area (Å²) < 4.78 is 0. The van der Waals surface area contributed by atoms with Gasteiger partial charge < -0.3 is 10.0 Å². The summed E-state index contributed by atoms with van der Waals surface area (Å²) in [5.74, 6) is 1.17. The maximum atomic E-state index is 9.19. The molecular weight excluding hydrogens is 234 g/mol. The molecule has 0 aliphatic carbocycles. The minimum Gasteiger partial charge on any atom is -0.396 e. The van der Waals surface area contributed by atoms with Crippen LogP contribution in [0.15, 0.2) is 24.3 Å². The van der Waals surface area contributed by atoms with E-state index >= 15 is 0 Å². The number of hydrogen-bond acceptors (Lipinski definition) is 2. The third-order valence-corrected chi connectivity index (χ3v) is 4.74. The molecule has 1 aliphatic heterocycles. The van der Waals surface area contributed by atoms with Crippen molar-refractivity contribution in [3.05, 3.63) is 29.8 Å². The number of anilines is 1. The Labute approximate surface area is 117 Å². The molecule has 0 bridgehead atoms. The molecule has 2 nitrogen and oxygen atoms in total. The minimum absolute atomic E-state index is 0.141. The number of aliphatic hydroxyl groups is 1. The van der Waals surface area contributed by atoms with Crippen molar-refractivity contribution in [2.45, 2.75) is 52.0 Å². The van der Waals surface area contributed by atoms with E-state index in [0.29, 0.717) is 18.4 Å². The standard InChI is InChI=1S/C17H27NO/c1-13(2)14-5-7-16(8-6-14)18-11-9-15(10-12-19)17(18,3)4/h5-8,13,15,19H,9-12H2,1-4H3. The summed E-state index contributed by atoms with van der Waals surface area (Å²) >= 11 is 0. The summed E-state index contributed by atoms with van der Waals surface area (Å²) in [6.45, 7) is 10.5. The summed E-state index contributed by atoms with van der Waals surface area (Å²) in [7, 11) is 0. The second kappa shape index (κ2) is 5.54. The summed E-state index contributed by atoms with van der Waals surface area (Å²) in [6.07, 6.45) is 2.09. The molecule has 1 saturated heterocycles. The van der Waals surface area contributed by atoms with Crippen LogP contribution in [-0.4, -0.2) is 23.8 Å². The van der Waals surface area contributed by atoms with E-state index in [-0.39, 0.29) is 5.54 Å². The first-order valence-electron chi connectivity index (χ1n) is 7.45. The second-order valence-corrected chi connectivity index (χ2v) is 6.55. The first-order valence-corrected chi connectivity index (χ1v) is 7.45. The Kier molecular flexibility index (Phi) is 4.19. The van der Waals surface area contributed by atoms with Gasteiger partial charge in [-0.15, -0.1) is 0 Å². The van der Waals surface area contributed by atoms with Crippen molar-refractivity contribution in [2.75, 3.05) is 18.1 Å². The smallest absolute Gasteiger partial charge is 0.0434 e. The fourth-order valence-corrected chi connectivity index (χ4v) is 3.30. The Bertz CT molecular complexity index is 408. The van der Waals surface area contributed by atoms with Crippen LogP contribution in [0.2, 0.25) is 0 Å². The molecule has 1 heterocycles. The molecule has 0 spiro atoms. The van der Waals surface area contributed by atoms with Gasteiger partial charge in [-0.3, -0.25) is 0 Å². The summed E-state index contributed by atoms with van der Waals surface area (Å²) in [4.78, 5) is 2.50. The maximum Gasteiger partial charge on any atom is 0.0434 e. The molecule has 19 heavy (non-hydrogen) atoms. The zero-order valence-electron chi connectivity index (χ0n) is 12.7. The molecule has 1 N–H and O–H groups in total. The number of benzene rings is 1. The molecule has 1 aliphatic rings.